The van der Waals surface area contributed by atoms with Gasteiger partial charge in [0, 0.05) is 19.3 Å². The van der Waals surface area contributed by atoms with Crippen LogP contribution in [0.4, 0.5) is 22.0 Å². The van der Waals surface area contributed by atoms with E-state index < -0.39 is 30.7 Å². The first-order valence-corrected chi connectivity index (χ1v) is 6.78. The second-order valence-corrected chi connectivity index (χ2v) is 5.06. The Balaban J connectivity index is 2.16. The summed E-state index contributed by atoms with van der Waals surface area (Å²) in [6.45, 7) is 0.840. The maximum Gasteiger partial charge on any atom is 0.491 e. The molecule has 0 radical (unpaired) electrons. The van der Waals surface area contributed by atoms with Gasteiger partial charge in [0.15, 0.2) is 0 Å². The average molecular weight is 343 g/mol. The van der Waals surface area contributed by atoms with Crippen LogP contribution in [0.15, 0.2) is 22.1 Å². The van der Waals surface area contributed by atoms with Crippen LogP contribution in [0.5, 0.6) is 0 Å². The first-order valence-electron chi connectivity index (χ1n) is 6.78. The zero-order chi connectivity index (χ0) is 17.1. The highest BCUT2D eigenvalue weighted by Crippen LogP contribution is 2.36. The number of esters is 1. The van der Waals surface area contributed by atoms with Gasteiger partial charge >= 0.3 is 12.1 Å². The zero-order valence-corrected chi connectivity index (χ0v) is 11.8. The highest BCUT2D eigenvalue weighted by Gasteiger charge is 2.51. The van der Waals surface area contributed by atoms with Gasteiger partial charge in [-0.25, -0.2) is 13.6 Å². The SMILES string of the molecule is O=C(OC1(CC(F)F)N=NC=C1NC1CCOCC1)C(F)(F)F. The minimum Gasteiger partial charge on any atom is -0.422 e. The maximum atomic E-state index is 12.8. The van der Waals surface area contributed by atoms with E-state index in [1.165, 1.54) is 0 Å². The second-order valence-electron chi connectivity index (χ2n) is 5.06. The molecule has 2 aliphatic heterocycles. The summed E-state index contributed by atoms with van der Waals surface area (Å²) in [4.78, 5) is 11.1. The van der Waals surface area contributed by atoms with E-state index in [2.05, 4.69) is 20.3 Å². The quantitative estimate of drug-likeness (QED) is 0.615. The van der Waals surface area contributed by atoms with Gasteiger partial charge in [-0.15, -0.1) is 5.11 Å². The van der Waals surface area contributed by atoms with Crippen molar-refractivity contribution >= 4 is 5.97 Å². The van der Waals surface area contributed by atoms with Crippen LogP contribution in [0.3, 0.4) is 0 Å². The highest BCUT2D eigenvalue weighted by molar-refractivity contribution is 5.76. The molecule has 2 rings (SSSR count). The van der Waals surface area contributed by atoms with Crippen LogP contribution >= 0.6 is 0 Å². The highest BCUT2D eigenvalue weighted by atomic mass is 19.4. The van der Waals surface area contributed by atoms with Crippen molar-refractivity contribution in [2.24, 2.45) is 10.2 Å². The third-order valence-electron chi connectivity index (χ3n) is 3.33. The van der Waals surface area contributed by atoms with Gasteiger partial charge in [-0.05, 0) is 12.8 Å². The van der Waals surface area contributed by atoms with Crippen molar-refractivity contribution in [3.8, 4) is 0 Å². The number of hydrogen-bond donors (Lipinski definition) is 1. The standard InChI is InChI=1S/C12H14F5N3O3/c13-9(14)5-11(23-10(21)12(15,16)17)8(6-18-20-11)19-7-1-3-22-4-2-7/h6-7,9,19H,1-5H2. The minimum atomic E-state index is -5.32. The number of halogens is 5. The Morgan fingerprint density at radius 2 is 2.09 bits per heavy atom. The lowest BCUT2D eigenvalue weighted by Crippen LogP contribution is -2.47. The third kappa shape index (κ3) is 4.36. The van der Waals surface area contributed by atoms with Gasteiger partial charge < -0.3 is 14.8 Å². The van der Waals surface area contributed by atoms with Crippen molar-refractivity contribution < 1.29 is 36.2 Å². The fourth-order valence-corrected chi connectivity index (χ4v) is 2.23. The Labute approximate surface area is 127 Å². The van der Waals surface area contributed by atoms with E-state index in [0.29, 0.717) is 26.1 Å². The van der Waals surface area contributed by atoms with Crippen molar-refractivity contribution in [3.63, 3.8) is 0 Å². The van der Waals surface area contributed by atoms with Gasteiger partial charge in [-0.2, -0.15) is 18.3 Å². The largest absolute Gasteiger partial charge is 0.491 e. The molecule has 1 saturated heterocycles. The van der Waals surface area contributed by atoms with Crippen LogP contribution in [-0.4, -0.2) is 43.6 Å². The summed E-state index contributed by atoms with van der Waals surface area (Å²) in [5.74, 6) is -2.60. The number of rotatable bonds is 5. The van der Waals surface area contributed by atoms with E-state index in [0.717, 1.165) is 6.20 Å². The van der Waals surface area contributed by atoms with Crippen molar-refractivity contribution in [1.29, 1.82) is 0 Å². The smallest absolute Gasteiger partial charge is 0.422 e. The molecule has 0 spiro atoms. The Bertz CT molecular complexity index is 503. The fourth-order valence-electron chi connectivity index (χ4n) is 2.23. The molecule has 0 aromatic heterocycles. The van der Waals surface area contributed by atoms with Crippen LogP contribution in [0, 0.1) is 0 Å². The lowest BCUT2D eigenvalue weighted by atomic mass is 10.0. The molecule has 130 valence electrons. The van der Waals surface area contributed by atoms with Gasteiger partial charge in [0.2, 0.25) is 6.43 Å². The van der Waals surface area contributed by atoms with Gasteiger partial charge in [-0.3, -0.25) is 0 Å². The van der Waals surface area contributed by atoms with Gasteiger partial charge in [0.25, 0.3) is 5.72 Å². The number of nitrogens with zero attached hydrogens (tertiary/aromatic N) is 2. The summed E-state index contributed by atoms with van der Waals surface area (Å²) < 4.78 is 72.2. The van der Waals surface area contributed by atoms with E-state index in [-0.39, 0.29) is 11.7 Å². The van der Waals surface area contributed by atoms with Crippen LogP contribution < -0.4 is 5.32 Å². The van der Waals surface area contributed by atoms with Gasteiger partial charge in [-0.1, -0.05) is 0 Å². The number of alkyl halides is 5. The predicted octanol–water partition coefficient (Wildman–Crippen LogP) is 2.52. The second kappa shape index (κ2) is 6.77. The van der Waals surface area contributed by atoms with Crippen molar-refractivity contribution in [2.45, 2.75) is 43.6 Å². The molecule has 2 aliphatic rings. The molecule has 11 heteroatoms. The first kappa shape index (κ1) is 17.6. The van der Waals surface area contributed by atoms with E-state index >= 15 is 0 Å². The summed E-state index contributed by atoms with van der Waals surface area (Å²) >= 11 is 0. The van der Waals surface area contributed by atoms with Crippen LogP contribution in [-0.2, 0) is 14.3 Å². The van der Waals surface area contributed by atoms with Crippen LogP contribution in [0.2, 0.25) is 0 Å². The van der Waals surface area contributed by atoms with Gasteiger partial charge in [0.1, 0.15) is 5.70 Å². The molecule has 6 nitrogen and oxygen atoms in total. The number of azo groups is 1. The molecular formula is C12H14F5N3O3. The summed E-state index contributed by atoms with van der Waals surface area (Å²) in [6, 6.07) is -0.222. The molecule has 0 amide bonds. The predicted molar refractivity (Wildman–Crippen MR) is 65.4 cm³/mol. The molecule has 0 aromatic rings. The number of hydrogen-bond acceptors (Lipinski definition) is 6. The fraction of sp³-hybridized carbons (Fsp3) is 0.750. The molecular weight excluding hydrogens is 329 g/mol. The molecule has 1 unspecified atom stereocenters. The average Bonchev–Trinajstić information content (AvgIpc) is 2.80. The molecule has 0 aromatic carbocycles. The minimum absolute atomic E-state index is 0.192. The lowest BCUT2D eigenvalue weighted by Gasteiger charge is -2.32. The lowest BCUT2D eigenvalue weighted by molar-refractivity contribution is -0.213. The summed E-state index contributed by atoms with van der Waals surface area (Å²) in [7, 11) is 0. The Hall–Kier alpha value is -1.78. The molecule has 1 N–H and O–H groups in total. The van der Waals surface area contributed by atoms with E-state index in [9.17, 15) is 26.7 Å². The summed E-state index contributed by atoms with van der Waals surface area (Å²) in [6.07, 6.45) is -7.56. The number of carbonyl (C=O) groups is 1. The Morgan fingerprint density at radius 3 is 2.65 bits per heavy atom. The van der Waals surface area contributed by atoms with E-state index in [1.54, 1.807) is 0 Å². The molecule has 2 heterocycles. The number of nitrogens with one attached hydrogen (secondary N) is 1. The molecule has 0 bridgehead atoms. The third-order valence-corrected chi connectivity index (χ3v) is 3.33. The van der Waals surface area contributed by atoms with Crippen molar-refractivity contribution in [2.75, 3.05) is 13.2 Å². The Morgan fingerprint density at radius 1 is 1.43 bits per heavy atom. The Kier molecular flexibility index (Phi) is 5.17. The number of carbonyl (C=O) groups excluding carboxylic acids is 1. The maximum absolute atomic E-state index is 12.8. The zero-order valence-electron chi connectivity index (χ0n) is 11.8. The van der Waals surface area contributed by atoms with Crippen molar-refractivity contribution in [1.82, 2.24) is 5.32 Å². The van der Waals surface area contributed by atoms with Crippen LogP contribution in [0.25, 0.3) is 0 Å². The topological polar surface area (TPSA) is 72.3 Å². The molecule has 1 atom stereocenters. The number of ether oxygens (including phenoxy) is 2. The summed E-state index contributed by atoms with van der Waals surface area (Å²) in [5.41, 5.74) is -2.68. The molecule has 23 heavy (non-hydrogen) atoms. The van der Waals surface area contributed by atoms with Crippen molar-refractivity contribution in [3.05, 3.63) is 11.9 Å². The molecule has 0 aliphatic carbocycles. The van der Waals surface area contributed by atoms with E-state index in [4.69, 9.17) is 4.74 Å². The van der Waals surface area contributed by atoms with E-state index in [1.807, 2.05) is 0 Å². The van der Waals surface area contributed by atoms with Gasteiger partial charge in [0.05, 0.1) is 12.6 Å². The monoisotopic (exact) mass is 343 g/mol. The normalized spacial score (nSPS) is 25.6. The summed E-state index contributed by atoms with van der Waals surface area (Å²) in [5, 5.41) is 9.47. The molecule has 0 saturated carbocycles. The molecule has 1 fully saturated rings. The first-order chi connectivity index (χ1) is 10.7. The van der Waals surface area contributed by atoms with Crippen LogP contribution in [0.1, 0.15) is 19.3 Å².